The summed E-state index contributed by atoms with van der Waals surface area (Å²) < 4.78 is 12.0. The first-order valence-electron chi connectivity index (χ1n) is 7.18. The quantitative estimate of drug-likeness (QED) is 0.648. The SMILES string of the molecule is Cc1noc(C)c1-c1cc(I)c2[nH]c(COC(C)C)nc2c1. The lowest BCUT2D eigenvalue weighted by Crippen LogP contribution is -2.03. The molecule has 0 saturated carbocycles. The molecule has 3 aromatic rings. The number of aromatic amines is 1. The van der Waals surface area contributed by atoms with Crippen LogP contribution >= 0.6 is 22.6 Å². The summed E-state index contributed by atoms with van der Waals surface area (Å²) in [6.45, 7) is 8.40. The third kappa shape index (κ3) is 2.89. The van der Waals surface area contributed by atoms with Gasteiger partial charge in [-0.05, 0) is 68.0 Å². The molecule has 0 bridgehead atoms. The maximum atomic E-state index is 5.62. The zero-order chi connectivity index (χ0) is 15.9. The van der Waals surface area contributed by atoms with Crippen molar-refractivity contribution >= 4 is 33.6 Å². The highest BCUT2D eigenvalue weighted by Crippen LogP contribution is 2.31. The minimum atomic E-state index is 0.185. The number of imidazole rings is 1. The first-order chi connectivity index (χ1) is 10.5. The van der Waals surface area contributed by atoms with Crippen LogP contribution in [0.15, 0.2) is 16.7 Å². The van der Waals surface area contributed by atoms with Gasteiger partial charge in [-0.3, -0.25) is 0 Å². The fourth-order valence-corrected chi connectivity index (χ4v) is 3.22. The van der Waals surface area contributed by atoms with Gasteiger partial charge in [0.15, 0.2) is 0 Å². The molecule has 22 heavy (non-hydrogen) atoms. The Balaban J connectivity index is 2.05. The van der Waals surface area contributed by atoms with E-state index in [0.29, 0.717) is 6.61 Å². The molecule has 116 valence electrons. The van der Waals surface area contributed by atoms with Crippen molar-refractivity contribution in [1.29, 1.82) is 0 Å². The van der Waals surface area contributed by atoms with E-state index < -0.39 is 0 Å². The number of hydrogen-bond acceptors (Lipinski definition) is 4. The second-order valence-electron chi connectivity index (χ2n) is 5.59. The summed E-state index contributed by atoms with van der Waals surface area (Å²) in [5.74, 6) is 1.67. The normalized spacial score (nSPS) is 11.7. The van der Waals surface area contributed by atoms with E-state index in [4.69, 9.17) is 9.26 Å². The second-order valence-corrected chi connectivity index (χ2v) is 6.76. The largest absolute Gasteiger partial charge is 0.371 e. The molecule has 2 aromatic heterocycles. The van der Waals surface area contributed by atoms with Gasteiger partial charge in [-0.1, -0.05) is 5.16 Å². The molecule has 1 aromatic carbocycles. The fourth-order valence-electron chi connectivity index (χ4n) is 2.48. The number of hydrogen-bond donors (Lipinski definition) is 1. The third-order valence-corrected chi connectivity index (χ3v) is 4.32. The number of nitrogens with one attached hydrogen (secondary N) is 1. The van der Waals surface area contributed by atoms with E-state index in [9.17, 15) is 0 Å². The number of halogens is 1. The standard InChI is InChI=1S/C16H18IN3O2/c1-8(2)21-7-14-18-13-6-11(5-12(17)16(13)19-14)15-9(3)20-22-10(15)4/h5-6,8H,7H2,1-4H3,(H,18,19). The summed E-state index contributed by atoms with van der Waals surface area (Å²) >= 11 is 2.32. The number of ether oxygens (including phenoxy) is 1. The summed E-state index contributed by atoms with van der Waals surface area (Å²) in [7, 11) is 0. The Kier molecular flexibility index (Phi) is 4.22. The number of benzene rings is 1. The minimum Gasteiger partial charge on any atom is -0.371 e. The van der Waals surface area contributed by atoms with E-state index in [-0.39, 0.29) is 6.10 Å². The molecule has 0 fully saturated rings. The second kappa shape index (κ2) is 6.00. The molecule has 6 heteroatoms. The van der Waals surface area contributed by atoms with Crippen LogP contribution in [0.4, 0.5) is 0 Å². The molecular weight excluding hydrogens is 393 g/mol. The summed E-state index contributed by atoms with van der Waals surface area (Å²) in [4.78, 5) is 7.98. The van der Waals surface area contributed by atoms with Crippen molar-refractivity contribution in [3.05, 3.63) is 33.0 Å². The van der Waals surface area contributed by atoms with Gasteiger partial charge in [-0.15, -0.1) is 0 Å². The predicted octanol–water partition coefficient (Wildman–Crippen LogP) is 4.36. The van der Waals surface area contributed by atoms with Gasteiger partial charge < -0.3 is 14.2 Å². The lowest BCUT2D eigenvalue weighted by Gasteiger charge is -2.03. The fraction of sp³-hybridized carbons (Fsp3) is 0.375. The number of rotatable bonds is 4. The Hall–Kier alpha value is -1.41. The maximum Gasteiger partial charge on any atom is 0.141 e. The van der Waals surface area contributed by atoms with Gasteiger partial charge in [0.1, 0.15) is 18.2 Å². The molecule has 0 radical (unpaired) electrons. The highest BCUT2D eigenvalue weighted by Gasteiger charge is 2.15. The molecular formula is C16H18IN3O2. The van der Waals surface area contributed by atoms with Crippen LogP contribution in [0.2, 0.25) is 0 Å². The lowest BCUT2D eigenvalue weighted by molar-refractivity contribution is 0.0618. The van der Waals surface area contributed by atoms with Crippen molar-refractivity contribution in [3.8, 4) is 11.1 Å². The van der Waals surface area contributed by atoms with Gasteiger partial charge in [-0.25, -0.2) is 4.98 Å². The molecule has 0 aliphatic heterocycles. The Morgan fingerprint density at radius 1 is 1.32 bits per heavy atom. The zero-order valence-corrected chi connectivity index (χ0v) is 15.2. The van der Waals surface area contributed by atoms with Crippen LogP contribution in [0.3, 0.4) is 0 Å². The average Bonchev–Trinajstić information content (AvgIpc) is 3.00. The summed E-state index contributed by atoms with van der Waals surface area (Å²) in [5.41, 5.74) is 4.99. The summed E-state index contributed by atoms with van der Waals surface area (Å²) in [6, 6.07) is 4.19. The molecule has 0 amide bonds. The third-order valence-electron chi connectivity index (χ3n) is 3.47. The van der Waals surface area contributed by atoms with Crippen LogP contribution in [-0.2, 0) is 11.3 Å². The van der Waals surface area contributed by atoms with Crippen molar-refractivity contribution in [1.82, 2.24) is 15.1 Å². The number of nitrogens with zero attached hydrogens (tertiary/aromatic N) is 2. The molecule has 2 heterocycles. The van der Waals surface area contributed by atoms with Gasteiger partial charge in [0.2, 0.25) is 0 Å². The lowest BCUT2D eigenvalue weighted by atomic mass is 10.0. The molecule has 0 spiro atoms. The van der Waals surface area contributed by atoms with E-state index in [2.05, 4.69) is 49.8 Å². The molecule has 0 atom stereocenters. The molecule has 5 nitrogen and oxygen atoms in total. The van der Waals surface area contributed by atoms with Gasteiger partial charge in [0, 0.05) is 9.13 Å². The van der Waals surface area contributed by atoms with Crippen molar-refractivity contribution < 1.29 is 9.26 Å². The molecule has 0 unspecified atom stereocenters. The van der Waals surface area contributed by atoms with Crippen LogP contribution in [0.5, 0.6) is 0 Å². The Morgan fingerprint density at radius 3 is 2.73 bits per heavy atom. The van der Waals surface area contributed by atoms with Crippen LogP contribution < -0.4 is 0 Å². The van der Waals surface area contributed by atoms with Crippen LogP contribution in [0, 0.1) is 17.4 Å². The first-order valence-corrected chi connectivity index (χ1v) is 8.26. The Labute approximate surface area is 142 Å². The number of fused-ring (bicyclic) bond motifs is 1. The Bertz CT molecular complexity index is 801. The molecule has 1 N–H and O–H groups in total. The summed E-state index contributed by atoms with van der Waals surface area (Å²) in [5, 5.41) is 4.03. The van der Waals surface area contributed by atoms with Crippen molar-refractivity contribution in [3.63, 3.8) is 0 Å². The maximum absolute atomic E-state index is 5.62. The molecule has 3 rings (SSSR count). The van der Waals surface area contributed by atoms with Crippen molar-refractivity contribution in [2.24, 2.45) is 0 Å². The van der Waals surface area contributed by atoms with Crippen LogP contribution in [-0.4, -0.2) is 21.2 Å². The average molecular weight is 411 g/mol. The first kappa shape index (κ1) is 15.5. The topological polar surface area (TPSA) is 63.9 Å². The van der Waals surface area contributed by atoms with Crippen molar-refractivity contribution in [2.45, 2.75) is 40.4 Å². The van der Waals surface area contributed by atoms with Gasteiger partial charge in [0.05, 0.1) is 22.8 Å². The van der Waals surface area contributed by atoms with Crippen LogP contribution in [0.1, 0.15) is 31.1 Å². The highest BCUT2D eigenvalue weighted by atomic mass is 127. The number of H-pyrrole nitrogens is 1. The molecule has 0 aliphatic carbocycles. The zero-order valence-electron chi connectivity index (χ0n) is 13.0. The van der Waals surface area contributed by atoms with Gasteiger partial charge >= 0.3 is 0 Å². The Morgan fingerprint density at radius 2 is 2.09 bits per heavy atom. The smallest absolute Gasteiger partial charge is 0.141 e. The molecule has 0 aliphatic rings. The monoisotopic (exact) mass is 411 g/mol. The van der Waals surface area contributed by atoms with Gasteiger partial charge in [0.25, 0.3) is 0 Å². The predicted molar refractivity (Wildman–Crippen MR) is 93.7 cm³/mol. The van der Waals surface area contributed by atoms with E-state index in [1.54, 1.807) is 0 Å². The van der Waals surface area contributed by atoms with Gasteiger partial charge in [-0.2, -0.15) is 0 Å². The van der Waals surface area contributed by atoms with E-state index in [1.807, 2.05) is 27.7 Å². The van der Waals surface area contributed by atoms with Crippen LogP contribution in [0.25, 0.3) is 22.2 Å². The highest BCUT2D eigenvalue weighted by molar-refractivity contribution is 14.1. The van der Waals surface area contributed by atoms with E-state index in [0.717, 1.165) is 43.0 Å². The number of aryl methyl sites for hydroxylation is 2. The molecule has 0 saturated heterocycles. The van der Waals surface area contributed by atoms with E-state index >= 15 is 0 Å². The number of aromatic nitrogens is 3. The summed E-state index contributed by atoms with van der Waals surface area (Å²) in [6.07, 6.45) is 0.185. The minimum absolute atomic E-state index is 0.185. The van der Waals surface area contributed by atoms with Crippen molar-refractivity contribution in [2.75, 3.05) is 0 Å². The van der Waals surface area contributed by atoms with E-state index in [1.165, 1.54) is 0 Å².